The maximum absolute atomic E-state index is 12.4. The van der Waals surface area contributed by atoms with E-state index in [1.54, 1.807) is 46.6 Å². The quantitative estimate of drug-likeness (QED) is 0.609. The number of nitrogens with zero attached hydrogens (tertiary/aromatic N) is 1. The molecule has 0 bridgehead atoms. The van der Waals surface area contributed by atoms with Gasteiger partial charge >= 0.3 is 0 Å². The van der Waals surface area contributed by atoms with E-state index in [0.717, 1.165) is 4.88 Å². The molecule has 1 aliphatic heterocycles. The van der Waals surface area contributed by atoms with Gasteiger partial charge in [0.25, 0.3) is 5.91 Å². The summed E-state index contributed by atoms with van der Waals surface area (Å²) in [6, 6.07) is 10.8. The van der Waals surface area contributed by atoms with E-state index in [1.807, 2.05) is 17.5 Å². The Labute approximate surface area is 166 Å². The molecule has 0 atom stereocenters. The van der Waals surface area contributed by atoms with Crippen LogP contribution in [0.4, 0.5) is 5.69 Å². The van der Waals surface area contributed by atoms with Gasteiger partial charge in [0.1, 0.15) is 0 Å². The highest BCUT2D eigenvalue weighted by atomic mass is 32.1. The van der Waals surface area contributed by atoms with Crippen molar-refractivity contribution in [1.82, 2.24) is 10.2 Å². The zero-order chi connectivity index (χ0) is 19.1. The van der Waals surface area contributed by atoms with Gasteiger partial charge in [0, 0.05) is 35.3 Å². The molecule has 2 N–H and O–H groups in total. The van der Waals surface area contributed by atoms with Gasteiger partial charge in [0.2, 0.25) is 5.91 Å². The van der Waals surface area contributed by atoms with Crippen LogP contribution in [-0.2, 0) is 9.53 Å². The zero-order valence-electron chi connectivity index (χ0n) is 14.5. The summed E-state index contributed by atoms with van der Waals surface area (Å²) in [5, 5.41) is 7.66. The molecule has 27 heavy (non-hydrogen) atoms. The molecule has 0 saturated carbocycles. The number of nitrogens with one attached hydrogen (secondary N) is 2. The van der Waals surface area contributed by atoms with Crippen LogP contribution in [0.5, 0.6) is 0 Å². The van der Waals surface area contributed by atoms with Crippen LogP contribution in [0.1, 0.15) is 15.2 Å². The molecule has 0 aliphatic carbocycles. The minimum absolute atomic E-state index is 0.0144. The van der Waals surface area contributed by atoms with E-state index in [2.05, 4.69) is 10.6 Å². The molecule has 0 spiro atoms. The second-order valence-corrected chi connectivity index (χ2v) is 7.16. The molecule has 1 saturated heterocycles. The Balaban J connectivity index is 1.50. The number of benzene rings is 1. The summed E-state index contributed by atoms with van der Waals surface area (Å²) in [6.45, 7) is 2.35. The van der Waals surface area contributed by atoms with Crippen molar-refractivity contribution in [1.29, 1.82) is 0 Å². The average molecular weight is 402 g/mol. The Morgan fingerprint density at radius 3 is 2.56 bits per heavy atom. The van der Waals surface area contributed by atoms with E-state index in [9.17, 15) is 9.59 Å². The minimum atomic E-state index is -0.306. The normalized spacial score (nSPS) is 14.1. The first-order chi connectivity index (χ1) is 13.1. The van der Waals surface area contributed by atoms with Gasteiger partial charge in [-0.3, -0.25) is 14.9 Å². The topological polar surface area (TPSA) is 70.7 Å². The monoisotopic (exact) mass is 401 g/mol. The van der Waals surface area contributed by atoms with E-state index in [-0.39, 0.29) is 16.9 Å². The second kappa shape index (κ2) is 9.40. The molecular formula is C19H19N3O3S2. The lowest BCUT2D eigenvalue weighted by Crippen LogP contribution is -2.40. The largest absolute Gasteiger partial charge is 0.378 e. The summed E-state index contributed by atoms with van der Waals surface area (Å²) < 4.78 is 5.26. The Kier molecular flexibility index (Phi) is 6.69. The maximum atomic E-state index is 12.4. The van der Waals surface area contributed by atoms with Gasteiger partial charge < -0.3 is 15.0 Å². The molecule has 0 radical (unpaired) electrons. The Morgan fingerprint density at radius 1 is 1.15 bits per heavy atom. The number of ether oxygens (including phenoxy) is 1. The summed E-state index contributed by atoms with van der Waals surface area (Å²) in [5.41, 5.74) is 1.30. The van der Waals surface area contributed by atoms with E-state index < -0.39 is 0 Å². The number of amides is 2. The molecule has 1 aromatic carbocycles. The van der Waals surface area contributed by atoms with Crippen molar-refractivity contribution in [2.24, 2.45) is 0 Å². The molecule has 6 nitrogen and oxygen atoms in total. The van der Waals surface area contributed by atoms with Crippen LogP contribution in [0.2, 0.25) is 0 Å². The molecule has 2 heterocycles. The van der Waals surface area contributed by atoms with Crippen LogP contribution >= 0.6 is 23.6 Å². The lowest BCUT2D eigenvalue weighted by Gasteiger charge is -2.26. The lowest BCUT2D eigenvalue weighted by molar-refractivity contribution is -0.115. The van der Waals surface area contributed by atoms with Gasteiger partial charge in [-0.15, -0.1) is 11.3 Å². The summed E-state index contributed by atoms with van der Waals surface area (Å²) in [7, 11) is 0. The van der Waals surface area contributed by atoms with Gasteiger partial charge in [-0.25, -0.2) is 0 Å². The zero-order valence-corrected chi connectivity index (χ0v) is 16.1. The first-order valence-electron chi connectivity index (χ1n) is 8.42. The number of rotatable bonds is 4. The third kappa shape index (κ3) is 5.72. The average Bonchev–Trinajstić information content (AvgIpc) is 3.21. The van der Waals surface area contributed by atoms with Crippen LogP contribution in [0.25, 0.3) is 6.08 Å². The molecule has 8 heteroatoms. The number of morpholine rings is 1. The van der Waals surface area contributed by atoms with E-state index in [0.29, 0.717) is 37.6 Å². The molecule has 2 amide bonds. The van der Waals surface area contributed by atoms with Crippen molar-refractivity contribution >= 4 is 52.2 Å². The third-order valence-corrected chi connectivity index (χ3v) is 4.91. The number of hydrogen-bond donors (Lipinski definition) is 2. The molecule has 1 aliphatic rings. The molecular weight excluding hydrogens is 382 g/mol. The van der Waals surface area contributed by atoms with E-state index in [1.165, 1.54) is 6.08 Å². The summed E-state index contributed by atoms with van der Waals surface area (Å²) in [4.78, 5) is 27.0. The molecule has 1 aromatic heterocycles. The molecule has 0 unspecified atom stereocenters. The summed E-state index contributed by atoms with van der Waals surface area (Å²) in [5.74, 6) is -0.320. The van der Waals surface area contributed by atoms with E-state index in [4.69, 9.17) is 17.0 Å². The smallest absolute Gasteiger partial charge is 0.254 e. The SMILES string of the molecule is O=C(/C=C/c1cccs1)NC(=S)Nc1ccc(C(=O)N2CCOCC2)cc1. The van der Waals surface area contributed by atoms with Gasteiger partial charge in [0.15, 0.2) is 5.11 Å². The van der Waals surface area contributed by atoms with Crippen LogP contribution in [0.3, 0.4) is 0 Å². The van der Waals surface area contributed by atoms with Crippen LogP contribution in [0, 0.1) is 0 Å². The summed E-state index contributed by atoms with van der Waals surface area (Å²) in [6.07, 6.45) is 3.17. The fraction of sp³-hybridized carbons (Fsp3) is 0.211. The molecule has 140 valence electrons. The molecule has 2 aromatic rings. The third-order valence-electron chi connectivity index (χ3n) is 3.87. The van der Waals surface area contributed by atoms with Crippen LogP contribution in [-0.4, -0.2) is 48.1 Å². The first-order valence-corrected chi connectivity index (χ1v) is 9.71. The fourth-order valence-electron chi connectivity index (χ4n) is 2.50. The Hall–Kier alpha value is -2.55. The number of anilines is 1. The highest BCUT2D eigenvalue weighted by Gasteiger charge is 2.18. The highest BCUT2D eigenvalue weighted by molar-refractivity contribution is 7.80. The van der Waals surface area contributed by atoms with Crippen molar-refractivity contribution < 1.29 is 14.3 Å². The minimum Gasteiger partial charge on any atom is -0.378 e. The van der Waals surface area contributed by atoms with E-state index >= 15 is 0 Å². The number of carbonyl (C=O) groups is 2. The van der Waals surface area contributed by atoms with Crippen molar-refractivity contribution in [3.8, 4) is 0 Å². The molecule has 1 fully saturated rings. The lowest BCUT2D eigenvalue weighted by atomic mass is 10.1. The standard InChI is InChI=1S/C19H19N3O3S2/c23-17(8-7-16-2-1-13-27-16)21-19(26)20-15-5-3-14(4-6-15)18(24)22-9-11-25-12-10-22/h1-8,13H,9-12H2,(H2,20,21,23,26)/b8-7+. The number of carbonyl (C=O) groups excluding carboxylic acids is 2. The van der Waals surface area contributed by atoms with Gasteiger partial charge in [0.05, 0.1) is 13.2 Å². The van der Waals surface area contributed by atoms with Crippen molar-refractivity contribution in [2.75, 3.05) is 31.6 Å². The fourth-order valence-corrected chi connectivity index (χ4v) is 3.34. The predicted octanol–water partition coefficient (Wildman–Crippen LogP) is 2.75. The number of thiophene rings is 1. The van der Waals surface area contributed by atoms with Crippen molar-refractivity contribution in [3.63, 3.8) is 0 Å². The van der Waals surface area contributed by atoms with Gasteiger partial charge in [-0.05, 0) is 54.0 Å². The first kappa shape index (κ1) is 19.2. The van der Waals surface area contributed by atoms with Crippen molar-refractivity contribution in [2.45, 2.75) is 0 Å². The van der Waals surface area contributed by atoms with Gasteiger partial charge in [-0.2, -0.15) is 0 Å². The van der Waals surface area contributed by atoms with Crippen LogP contribution in [0.15, 0.2) is 47.9 Å². The van der Waals surface area contributed by atoms with Crippen LogP contribution < -0.4 is 10.6 Å². The number of thiocarbonyl (C=S) groups is 1. The van der Waals surface area contributed by atoms with Crippen molar-refractivity contribution in [3.05, 3.63) is 58.3 Å². The Bertz CT molecular complexity index is 826. The highest BCUT2D eigenvalue weighted by Crippen LogP contribution is 2.13. The van der Waals surface area contributed by atoms with Gasteiger partial charge in [-0.1, -0.05) is 6.07 Å². The summed E-state index contributed by atoms with van der Waals surface area (Å²) >= 11 is 6.70. The second-order valence-electron chi connectivity index (χ2n) is 5.77. The number of hydrogen-bond acceptors (Lipinski definition) is 5. The Morgan fingerprint density at radius 2 is 1.89 bits per heavy atom. The maximum Gasteiger partial charge on any atom is 0.254 e. The molecule has 3 rings (SSSR count). The predicted molar refractivity (Wildman–Crippen MR) is 111 cm³/mol.